The summed E-state index contributed by atoms with van der Waals surface area (Å²) in [5, 5.41) is 13.3. The van der Waals surface area contributed by atoms with Gasteiger partial charge in [0.05, 0.1) is 5.71 Å². The number of rotatable bonds is 0. The second-order valence-corrected chi connectivity index (χ2v) is 8.64. The summed E-state index contributed by atoms with van der Waals surface area (Å²) in [5.41, 5.74) is 3.29. The van der Waals surface area contributed by atoms with Crippen LogP contribution in [0.5, 0.6) is 0 Å². The van der Waals surface area contributed by atoms with E-state index in [-0.39, 0.29) is 5.41 Å². The number of nitrogens with zero attached hydrogens (tertiary/aromatic N) is 1. The third-order valence-electron chi connectivity index (χ3n) is 7.76. The first kappa shape index (κ1) is 13.8. The maximum absolute atomic E-state index is 9.59. The van der Waals surface area contributed by atoms with Crippen LogP contribution >= 0.6 is 0 Å². The first-order valence-corrected chi connectivity index (χ1v) is 9.00. The van der Waals surface area contributed by atoms with Gasteiger partial charge in [-0.2, -0.15) is 0 Å². The Morgan fingerprint density at radius 3 is 2.76 bits per heavy atom. The topological polar surface area (TPSA) is 32.6 Å². The fourth-order valence-corrected chi connectivity index (χ4v) is 6.70. The van der Waals surface area contributed by atoms with Crippen molar-refractivity contribution in [2.24, 2.45) is 33.7 Å². The van der Waals surface area contributed by atoms with Gasteiger partial charge < -0.3 is 5.21 Å². The van der Waals surface area contributed by atoms with Crippen molar-refractivity contribution in [3.8, 4) is 0 Å². The molecule has 0 spiro atoms. The molecular weight excluding hydrogens is 258 g/mol. The summed E-state index contributed by atoms with van der Waals surface area (Å²) in [6.45, 7) is 5.00. The molecule has 0 unspecified atom stereocenters. The average Bonchev–Trinajstić information content (AvgIpc) is 2.87. The Morgan fingerprint density at radius 1 is 1.10 bits per heavy atom. The molecule has 0 aliphatic heterocycles. The molecule has 2 nitrogen and oxygen atoms in total. The lowest BCUT2D eigenvalue weighted by Crippen LogP contribution is -2.51. The molecule has 3 saturated carbocycles. The lowest BCUT2D eigenvalue weighted by atomic mass is 9.47. The normalized spacial score (nSPS) is 51.0. The molecule has 0 saturated heterocycles. The van der Waals surface area contributed by atoms with Crippen LogP contribution in [0.3, 0.4) is 0 Å². The molecule has 0 heterocycles. The molecule has 116 valence electrons. The predicted molar refractivity (Wildman–Crippen MR) is 85.5 cm³/mol. The van der Waals surface area contributed by atoms with Gasteiger partial charge in [0.2, 0.25) is 0 Å². The van der Waals surface area contributed by atoms with Gasteiger partial charge in [0, 0.05) is 0 Å². The lowest BCUT2D eigenvalue weighted by Gasteiger charge is -2.57. The van der Waals surface area contributed by atoms with Gasteiger partial charge >= 0.3 is 0 Å². The van der Waals surface area contributed by atoms with Crippen molar-refractivity contribution in [3.63, 3.8) is 0 Å². The van der Waals surface area contributed by atoms with Crippen LogP contribution in [0.1, 0.15) is 71.6 Å². The summed E-state index contributed by atoms with van der Waals surface area (Å²) in [6, 6.07) is 0. The van der Waals surface area contributed by atoms with Crippen LogP contribution < -0.4 is 0 Å². The Hall–Kier alpha value is -0.790. The number of oxime groups is 1. The van der Waals surface area contributed by atoms with Crippen LogP contribution in [-0.2, 0) is 0 Å². The second-order valence-electron chi connectivity index (χ2n) is 8.64. The molecule has 2 heteroatoms. The van der Waals surface area contributed by atoms with Crippen molar-refractivity contribution in [2.45, 2.75) is 71.6 Å². The van der Waals surface area contributed by atoms with Crippen LogP contribution in [0.15, 0.2) is 16.8 Å². The molecule has 0 radical (unpaired) electrons. The molecule has 21 heavy (non-hydrogen) atoms. The first-order chi connectivity index (χ1) is 10.1. The molecule has 1 N–H and O–H groups in total. The van der Waals surface area contributed by atoms with Crippen molar-refractivity contribution in [1.29, 1.82) is 0 Å². The molecule has 0 aromatic heterocycles. The highest BCUT2D eigenvalue weighted by molar-refractivity contribution is 6.02. The van der Waals surface area contributed by atoms with E-state index in [0.717, 1.165) is 29.9 Å². The SMILES string of the molecule is C[C@@]12CCC[C@H]1[C@@H]1C/C(=N\O)C3=CCCC[C@]3(C)[C@H]1CC2. The third kappa shape index (κ3) is 1.80. The highest BCUT2D eigenvalue weighted by Gasteiger charge is 2.57. The van der Waals surface area contributed by atoms with Crippen molar-refractivity contribution in [3.05, 3.63) is 11.6 Å². The summed E-state index contributed by atoms with van der Waals surface area (Å²) in [6.07, 6.45) is 14.2. The largest absolute Gasteiger partial charge is 0.411 e. The first-order valence-electron chi connectivity index (χ1n) is 9.00. The summed E-state index contributed by atoms with van der Waals surface area (Å²) in [5.74, 6) is 2.46. The van der Waals surface area contributed by atoms with Gasteiger partial charge in [-0.15, -0.1) is 0 Å². The molecule has 4 aliphatic carbocycles. The minimum absolute atomic E-state index is 0.284. The zero-order valence-corrected chi connectivity index (χ0v) is 13.6. The van der Waals surface area contributed by atoms with E-state index in [4.69, 9.17) is 0 Å². The van der Waals surface area contributed by atoms with Gasteiger partial charge in [-0.1, -0.05) is 31.5 Å². The quantitative estimate of drug-likeness (QED) is 0.484. The van der Waals surface area contributed by atoms with E-state index in [2.05, 4.69) is 25.1 Å². The van der Waals surface area contributed by atoms with E-state index >= 15 is 0 Å². The minimum Gasteiger partial charge on any atom is -0.411 e. The summed E-state index contributed by atoms with van der Waals surface area (Å²) >= 11 is 0. The Balaban J connectivity index is 1.76. The third-order valence-corrected chi connectivity index (χ3v) is 7.76. The Kier molecular flexibility index (Phi) is 3.03. The molecule has 3 fully saturated rings. The van der Waals surface area contributed by atoms with E-state index in [1.807, 2.05) is 0 Å². The zero-order chi connectivity index (χ0) is 14.7. The van der Waals surface area contributed by atoms with Gasteiger partial charge in [-0.3, -0.25) is 0 Å². The van der Waals surface area contributed by atoms with Crippen LogP contribution in [0.25, 0.3) is 0 Å². The fraction of sp³-hybridized carbons (Fsp3) is 0.842. The predicted octanol–water partition coefficient (Wildman–Crippen LogP) is 5.17. The lowest BCUT2D eigenvalue weighted by molar-refractivity contribution is -0.0171. The minimum atomic E-state index is 0.284. The Labute approximate surface area is 128 Å². The molecule has 0 aromatic rings. The van der Waals surface area contributed by atoms with Crippen LogP contribution in [0, 0.1) is 28.6 Å². The van der Waals surface area contributed by atoms with Crippen molar-refractivity contribution in [1.82, 2.24) is 0 Å². The summed E-state index contributed by atoms with van der Waals surface area (Å²) in [7, 11) is 0. The Morgan fingerprint density at radius 2 is 1.95 bits per heavy atom. The number of allylic oxidation sites excluding steroid dienone is 2. The maximum Gasteiger partial charge on any atom is 0.0833 e. The molecule has 0 bridgehead atoms. The van der Waals surface area contributed by atoms with Gasteiger partial charge in [0.1, 0.15) is 0 Å². The van der Waals surface area contributed by atoms with E-state index < -0.39 is 0 Å². The molecule has 5 atom stereocenters. The molecule has 0 amide bonds. The highest BCUT2D eigenvalue weighted by atomic mass is 16.4. The van der Waals surface area contributed by atoms with E-state index in [1.165, 1.54) is 56.9 Å². The van der Waals surface area contributed by atoms with Crippen LogP contribution in [0.2, 0.25) is 0 Å². The van der Waals surface area contributed by atoms with Crippen LogP contribution in [-0.4, -0.2) is 10.9 Å². The number of fused-ring (bicyclic) bond motifs is 5. The molecule has 4 rings (SSSR count). The summed E-state index contributed by atoms with van der Waals surface area (Å²) < 4.78 is 0. The maximum atomic E-state index is 9.59. The van der Waals surface area contributed by atoms with Crippen molar-refractivity contribution in [2.75, 3.05) is 0 Å². The second kappa shape index (κ2) is 4.60. The van der Waals surface area contributed by atoms with Gasteiger partial charge in [-0.05, 0) is 85.5 Å². The van der Waals surface area contributed by atoms with Gasteiger partial charge in [0.25, 0.3) is 0 Å². The highest BCUT2D eigenvalue weighted by Crippen LogP contribution is 2.64. The monoisotopic (exact) mass is 287 g/mol. The average molecular weight is 287 g/mol. The fourth-order valence-electron chi connectivity index (χ4n) is 6.70. The molecule has 0 aromatic carbocycles. The standard InChI is InChI=1S/C19H29NO/c1-18-9-5-7-14(18)13-12-17(20-21)16-6-3-4-10-19(16,2)15(13)8-11-18/h6,13-15,21H,3-5,7-12H2,1-2H3/b20-17+/t13-,14-,15-,18-,19+/m0/s1. The molecular formula is C19H29NO. The Bertz CT molecular complexity index is 508. The molecule has 4 aliphatic rings. The van der Waals surface area contributed by atoms with Gasteiger partial charge in [-0.25, -0.2) is 0 Å². The number of hydrogen-bond acceptors (Lipinski definition) is 2. The van der Waals surface area contributed by atoms with Crippen molar-refractivity contribution < 1.29 is 5.21 Å². The van der Waals surface area contributed by atoms with Crippen LogP contribution in [0.4, 0.5) is 0 Å². The zero-order valence-electron chi connectivity index (χ0n) is 13.6. The van der Waals surface area contributed by atoms with Crippen molar-refractivity contribution >= 4 is 5.71 Å². The van der Waals surface area contributed by atoms with Gasteiger partial charge in [0.15, 0.2) is 0 Å². The number of hydrogen-bond donors (Lipinski definition) is 1. The summed E-state index contributed by atoms with van der Waals surface area (Å²) in [4.78, 5) is 0. The van der Waals surface area contributed by atoms with E-state index in [0.29, 0.717) is 5.41 Å². The van der Waals surface area contributed by atoms with E-state index in [1.54, 1.807) is 0 Å². The van der Waals surface area contributed by atoms with E-state index in [9.17, 15) is 5.21 Å². The smallest absolute Gasteiger partial charge is 0.0833 e.